The smallest absolute Gasteiger partial charge is 0.327 e. The molecule has 1 aliphatic heterocycles. The van der Waals surface area contributed by atoms with Crippen molar-refractivity contribution in [3.05, 3.63) is 11.1 Å². The lowest BCUT2D eigenvalue weighted by Crippen LogP contribution is -2.39. The quantitative estimate of drug-likeness (QED) is 0.769. The molecule has 0 saturated heterocycles. The molecule has 106 valence electrons. The van der Waals surface area contributed by atoms with Crippen molar-refractivity contribution < 1.29 is 13.2 Å². The van der Waals surface area contributed by atoms with Crippen LogP contribution >= 0.6 is 0 Å². The third kappa shape index (κ3) is 3.72. The molecule has 0 spiro atoms. The minimum absolute atomic E-state index is 0.00208. The Morgan fingerprint density at radius 1 is 1.39 bits per heavy atom. The van der Waals surface area contributed by atoms with Crippen molar-refractivity contribution in [2.75, 3.05) is 19.6 Å². The third-order valence-corrected chi connectivity index (χ3v) is 3.71. The van der Waals surface area contributed by atoms with Gasteiger partial charge in [-0.25, -0.2) is 0 Å². The molecular weight excluding hydrogens is 241 g/mol. The fourth-order valence-electron chi connectivity index (χ4n) is 2.84. The van der Waals surface area contributed by atoms with Crippen LogP contribution in [0.2, 0.25) is 0 Å². The standard InChI is InChI=1S/C13H23F3N2/c1-3-4-10-5-6-18-8-9(2)11(7-17)12(10)13(14,15)16/h10,12,18H,3-8,17H2,1-2H3/t10?,12-/m0/s1. The van der Waals surface area contributed by atoms with E-state index in [0.717, 1.165) is 12.0 Å². The summed E-state index contributed by atoms with van der Waals surface area (Å²) in [6.45, 7) is 4.84. The molecule has 0 fully saturated rings. The molecule has 0 bridgehead atoms. The Labute approximate surface area is 107 Å². The van der Waals surface area contributed by atoms with Crippen LogP contribution in [-0.4, -0.2) is 25.8 Å². The van der Waals surface area contributed by atoms with Gasteiger partial charge in [-0.1, -0.05) is 18.9 Å². The molecule has 5 heteroatoms. The predicted octanol–water partition coefficient (Wildman–Crippen LogP) is 2.85. The summed E-state index contributed by atoms with van der Waals surface area (Å²) < 4.78 is 40.0. The van der Waals surface area contributed by atoms with Gasteiger partial charge < -0.3 is 11.1 Å². The van der Waals surface area contributed by atoms with Crippen LogP contribution in [0.15, 0.2) is 11.1 Å². The molecule has 1 unspecified atom stereocenters. The van der Waals surface area contributed by atoms with Crippen LogP contribution in [0.1, 0.15) is 33.1 Å². The highest BCUT2D eigenvalue weighted by atomic mass is 19.4. The predicted molar refractivity (Wildman–Crippen MR) is 67.2 cm³/mol. The molecular formula is C13H23F3N2. The van der Waals surface area contributed by atoms with Crippen LogP contribution < -0.4 is 11.1 Å². The zero-order chi connectivity index (χ0) is 13.8. The fourth-order valence-corrected chi connectivity index (χ4v) is 2.84. The Kier molecular flexibility index (Phi) is 5.66. The number of nitrogens with one attached hydrogen (secondary N) is 1. The SMILES string of the molecule is CCCC1CCNCC(C)=C(CN)[C@H]1C(F)(F)F. The van der Waals surface area contributed by atoms with Crippen LogP contribution in [0, 0.1) is 11.8 Å². The Morgan fingerprint density at radius 2 is 2.06 bits per heavy atom. The average molecular weight is 264 g/mol. The Bertz CT molecular complexity index is 297. The van der Waals surface area contributed by atoms with E-state index in [-0.39, 0.29) is 12.5 Å². The highest BCUT2D eigenvalue weighted by Crippen LogP contribution is 2.42. The van der Waals surface area contributed by atoms with E-state index in [4.69, 9.17) is 5.73 Å². The molecule has 0 aromatic heterocycles. The number of nitrogens with two attached hydrogens (primary N) is 1. The van der Waals surface area contributed by atoms with Gasteiger partial charge in [-0.2, -0.15) is 13.2 Å². The molecule has 0 aromatic carbocycles. The van der Waals surface area contributed by atoms with Gasteiger partial charge in [-0.05, 0) is 37.8 Å². The zero-order valence-electron chi connectivity index (χ0n) is 11.1. The second kappa shape index (κ2) is 6.57. The van der Waals surface area contributed by atoms with Crippen molar-refractivity contribution in [3.8, 4) is 0 Å². The first-order valence-electron chi connectivity index (χ1n) is 6.57. The van der Waals surface area contributed by atoms with Gasteiger partial charge in [0.15, 0.2) is 0 Å². The van der Waals surface area contributed by atoms with Crippen LogP contribution in [0.3, 0.4) is 0 Å². The van der Waals surface area contributed by atoms with E-state index in [2.05, 4.69) is 5.32 Å². The van der Waals surface area contributed by atoms with Gasteiger partial charge >= 0.3 is 6.18 Å². The van der Waals surface area contributed by atoms with Crippen LogP contribution in [0.4, 0.5) is 13.2 Å². The van der Waals surface area contributed by atoms with Gasteiger partial charge in [-0.3, -0.25) is 0 Å². The Hall–Kier alpha value is -0.550. The lowest BCUT2D eigenvalue weighted by Gasteiger charge is -2.34. The summed E-state index contributed by atoms with van der Waals surface area (Å²) in [6.07, 6.45) is -2.25. The van der Waals surface area contributed by atoms with Gasteiger partial charge in [0, 0.05) is 13.1 Å². The van der Waals surface area contributed by atoms with Gasteiger partial charge in [-0.15, -0.1) is 0 Å². The summed E-state index contributed by atoms with van der Waals surface area (Å²) in [5, 5.41) is 3.18. The van der Waals surface area contributed by atoms with E-state index in [1.54, 1.807) is 6.92 Å². The first kappa shape index (κ1) is 15.5. The highest BCUT2D eigenvalue weighted by Gasteiger charge is 2.46. The van der Waals surface area contributed by atoms with E-state index in [9.17, 15) is 13.2 Å². The van der Waals surface area contributed by atoms with E-state index >= 15 is 0 Å². The minimum atomic E-state index is -4.19. The largest absolute Gasteiger partial charge is 0.395 e. The Balaban J connectivity index is 3.14. The van der Waals surface area contributed by atoms with Crippen molar-refractivity contribution in [2.45, 2.75) is 39.3 Å². The Morgan fingerprint density at radius 3 is 2.56 bits per heavy atom. The number of hydrogen-bond acceptors (Lipinski definition) is 2. The van der Waals surface area contributed by atoms with Crippen molar-refractivity contribution in [1.29, 1.82) is 0 Å². The molecule has 0 saturated carbocycles. The lowest BCUT2D eigenvalue weighted by atomic mass is 9.78. The first-order valence-corrected chi connectivity index (χ1v) is 6.57. The average Bonchev–Trinajstić information content (AvgIpc) is 2.26. The van der Waals surface area contributed by atoms with E-state index in [1.807, 2.05) is 6.92 Å². The number of halogens is 3. The molecule has 18 heavy (non-hydrogen) atoms. The second-order valence-electron chi connectivity index (χ2n) is 5.04. The second-order valence-corrected chi connectivity index (χ2v) is 5.04. The summed E-state index contributed by atoms with van der Waals surface area (Å²) in [4.78, 5) is 0. The molecule has 0 aliphatic carbocycles. The minimum Gasteiger partial charge on any atom is -0.327 e. The zero-order valence-corrected chi connectivity index (χ0v) is 11.1. The molecule has 3 N–H and O–H groups in total. The fraction of sp³-hybridized carbons (Fsp3) is 0.846. The third-order valence-electron chi connectivity index (χ3n) is 3.71. The van der Waals surface area contributed by atoms with Gasteiger partial charge in [0.1, 0.15) is 0 Å². The highest BCUT2D eigenvalue weighted by molar-refractivity contribution is 5.21. The molecule has 1 aliphatic rings. The van der Waals surface area contributed by atoms with E-state index in [1.165, 1.54) is 0 Å². The normalized spacial score (nSPS) is 27.0. The van der Waals surface area contributed by atoms with Crippen LogP contribution in [-0.2, 0) is 0 Å². The van der Waals surface area contributed by atoms with E-state index in [0.29, 0.717) is 31.5 Å². The van der Waals surface area contributed by atoms with Gasteiger partial charge in [0.25, 0.3) is 0 Å². The molecule has 0 radical (unpaired) electrons. The molecule has 0 aromatic rings. The maximum absolute atomic E-state index is 13.3. The van der Waals surface area contributed by atoms with Crippen molar-refractivity contribution >= 4 is 0 Å². The van der Waals surface area contributed by atoms with Crippen molar-refractivity contribution in [1.82, 2.24) is 5.32 Å². The summed E-state index contributed by atoms with van der Waals surface area (Å²) in [5.41, 5.74) is 6.71. The monoisotopic (exact) mass is 264 g/mol. The first-order chi connectivity index (χ1) is 8.41. The number of alkyl halides is 3. The number of rotatable bonds is 3. The molecule has 0 amide bonds. The summed E-state index contributed by atoms with van der Waals surface area (Å²) in [7, 11) is 0. The summed E-state index contributed by atoms with van der Waals surface area (Å²) in [5.74, 6) is -1.71. The lowest BCUT2D eigenvalue weighted by molar-refractivity contribution is -0.179. The van der Waals surface area contributed by atoms with Crippen LogP contribution in [0.25, 0.3) is 0 Å². The topological polar surface area (TPSA) is 38.0 Å². The molecule has 1 rings (SSSR count). The van der Waals surface area contributed by atoms with Crippen molar-refractivity contribution in [2.24, 2.45) is 17.6 Å². The molecule has 2 atom stereocenters. The molecule has 1 heterocycles. The molecule has 2 nitrogen and oxygen atoms in total. The maximum Gasteiger partial charge on any atom is 0.395 e. The summed E-state index contributed by atoms with van der Waals surface area (Å²) in [6, 6.07) is 0. The van der Waals surface area contributed by atoms with Crippen molar-refractivity contribution in [3.63, 3.8) is 0 Å². The van der Waals surface area contributed by atoms with Gasteiger partial charge in [0.2, 0.25) is 0 Å². The maximum atomic E-state index is 13.3. The van der Waals surface area contributed by atoms with Crippen LogP contribution in [0.5, 0.6) is 0 Å². The van der Waals surface area contributed by atoms with E-state index < -0.39 is 12.1 Å². The summed E-state index contributed by atoms with van der Waals surface area (Å²) >= 11 is 0. The number of hydrogen-bond donors (Lipinski definition) is 2. The van der Waals surface area contributed by atoms with Gasteiger partial charge in [0.05, 0.1) is 5.92 Å².